The lowest BCUT2D eigenvalue weighted by Crippen LogP contribution is -2.44. The topological polar surface area (TPSA) is 93.9 Å². The lowest BCUT2D eigenvalue weighted by Gasteiger charge is -2.26. The van der Waals surface area contributed by atoms with E-state index in [1.165, 1.54) is 4.90 Å². The summed E-state index contributed by atoms with van der Waals surface area (Å²) in [4.78, 5) is 24.9. The molecule has 0 saturated carbocycles. The van der Waals surface area contributed by atoms with E-state index in [9.17, 15) is 9.59 Å². The van der Waals surface area contributed by atoms with Gasteiger partial charge >= 0.3 is 12.2 Å². The summed E-state index contributed by atoms with van der Waals surface area (Å²) < 4.78 is 8.33. The summed E-state index contributed by atoms with van der Waals surface area (Å²) in [5, 5.41) is 2.56. The third-order valence-electron chi connectivity index (χ3n) is 2.66. The molecule has 3 N–H and O–H groups in total. The number of carbonyl (C=O) groups is 2. The van der Waals surface area contributed by atoms with Crippen molar-refractivity contribution in [2.24, 2.45) is 5.73 Å². The number of amides is 2. The number of nitrogens with zero attached hydrogens (tertiary/aromatic N) is 1. The van der Waals surface area contributed by atoms with Crippen LogP contribution in [0.5, 0.6) is 0 Å². The molecule has 7 nitrogen and oxygen atoms in total. The maximum absolute atomic E-state index is 12.0. The third kappa shape index (κ3) is 7.09. The van der Waals surface area contributed by atoms with Gasteiger partial charge in [-0.1, -0.05) is 34.8 Å². The van der Waals surface area contributed by atoms with Gasteiger partial charge in [-0.3, -0.25) is 4.90 Å². The molecule has 0 bridgehead atoms. The Bertz CT molecular complexity index is 423. The molecule has 2 atom stereocenters. The second kappa shape index (κ2) is 7.29. The van der Waals surface area contributed by atoms with Crippen molar-refractivity contribution in [1.82, 2.24) is 10.2 Å². The van der Waals surface area contributed by atoms with Crippen LogP contribution in [0.4, 0.5) is 9.59 Å². The smallest absolute Gasteiger partial charge is 0.411 e. The van der Waals surface area contributed by atoms with E-state index in [0.717, 1.165) is 0 Å². The van der Waals surface area contributed by atoms with Crippen LogP contribution >= 0.6 is 34.8 Å². The summed E-state index contributed by atoms with van der Waals surface area (Å²) in [7, 11) is 0. The summed E-state index contributed by atoms with van der Waals surface area (Å²) in [6.45, 7) is 5.12. The molecule has 2 unspecified atom stereocenters. The van der Waals surface area contributed by atoms with Crippen LogP contribution in [0.3, 0.4) is 0 Å². The molecule has 128 valence electrons. The van der Waals surface area contributed by atoms with E-state index in [-0.39, 0.29) is 19.2 Å². The molecule has 0 aliphatic carbocycles. The Morgan fingerprint density at radius 3 is 2.41 bits per heavy atom. The fourth-order valence-electron chi connectivity index (χ4n) is 1.86. The number of hydrogen-bond donors (Lipinski definition) is 2. The second-order valence-corrected chi connectivity index (χ2v) is 8.48. The Kier molecular flexibility index (Phi) is 6.44. The van der Waals surface area contributed by atoms with Gasteiger partial charge in [0.1, 0.15) is 12.2 Å². The molecule has 1 rings (SSSR count). The van der Waals surface area contributed by atoms with Crippen LogP contribution in [0.2, 0.25) is 0 Å². The summed E-state index contributed by atoms with van der Waals surface area (Å²) in [6, 6.07) is -0.356. The van der Waals surface area contributed by atoms with E-state index in [2.05, 4.69) is 5.32 Å². The van der Waals surface area contributed by atoms with Crippen LogP contribution < -0.4 is 11.1 Å². The van der Waals surface area contributed by atoms with Crippen molar-refractivity contribution in [2.75, 3.05) is 13.2 Å². The van der Waals surface area contributed by atoms with E-state index in [1.54, 1.807) is 20.8 Å². The first-order valence-electron chi connectivity index (χ1n) is 6.62. The maximum Gasteiger partial charge on any atom is 0.411 e. The lowest BCUT2D eigenvalue weighted by molar-refractivity contribution is 0.0227. The van der Waals surface area contributed by atoms with Crippen LogP contribution in [0, 0.1) is 0 Å². The molecule has 10 heteroatoms. The SMILES string of the molecule is CC(C)(C)OC(=O)N1CC(NC(=O)OCC(Cl)(Cl)Cl)CC1N. The molecule has 1 fully saturated rings. The molecule has 22 heavy (non-hydrogen) atoms. The monoisotopic (exact) mass is 375 g/mol. The molecule has 2 amide bonds. The number of nitrogens with two attached hydrogens (primary N) is 1. The maximum atomic E-state index is 12.0. The van der Waals surface area contributed by atoms with Gasteiger partial charge in [0.25, 0.3) is 0 Å². The number of ether oxygens (including phenoxy) is 2. The molecule has 0 spiro atoms. The molecule has 1 saturated heterocycles. The van der Waals surface area contributed by atoms with Crippen molar-refractivity contribution in [3.05, 3.63) is 0 Å². The number of alkyl carbamates (subject to hydrolysis) is 1. The highest BCUT2D eigenvalue weighted by Crippen LogP contribution is 2.26. The average Bonchev–Trinajstić information content (AvgIpc) is 2.64. The second-order valence-electron chi connectivity index (χ2n) is 5.97. The van der Waals surface area contributed by atoms with Gasteiger partial charge in [0.05, 0.1) is 12.2 Å². The summed E-state index contributed by atoms with van der Waals surface area (Å²) in [5.74, 6) is 0. The lowest BCUT2D eigenvalue weighted by atomic mass is 10.2. The van der Waals surface area contributed by atoms with Crippen LogP contribution in [0.15, 0.2) is 0 Å². The van der Waals surface area contributed by atoms with Gasteiger partial charge in [0, 0.05) is 13.0 Å². The third-order valence-corrected chi connectivity index (χ3v) is 2.99. The normalized spacial score (nSPS) is 22.4. The van der Waals surface area contributed by atoms with E-state index in [1.807, 2.05) is 0 Å². The molecule has 0 aromatic rings. The van der Waals surface area contributed by atoms with Crippen molar-refractivity contribution in [1.29, 1.82) is 0 Å². The minimum absolute atomic E-state index is 0.221. The van der Waals surface area contributed by atoms with Crippen molar-refractivity contribution >= 4 is 47.0 Å². The Labute approximate surface area is 144 Å². The highest BCUT2D eigenvalue weighted by Gasteiger charge is 2.36. The van der Waals surface area contributed by atoms with Crippen molar-refractivity contribution in [3.63, 3.8) is 0 Å². The number of rotatable bonds is 2. The Morgan fingerprint density at radius 1 is 1.32 bits per heavy atom. The quantitative estimate of drug-likeness (QED) is 0.722. The molecule has 1 heterocycles. The summed E-state index contributed by atoms with van der Waals surface area (Å²) >= 11 is 16.4. The predicted molar refractivity (Wildman–Crippen MR) is 84.1 cm³/mol. The molecule has 1 aliphatic rings. The van der Waals surface area contributed by atoms with Crippen molar-refractivity contribution < 1.29 is 19.1 Å². The first-order chi connectivity index (χ1) is 9.87. The molecular formula is C12H20Cl3N3O4. The minimum atomic E-state index is -1.67. The number of carbonyl (C=O) groups excluding carboxylic acids is 2. The Morgan fingerprint density at radius 2 is 1.91 bits per heavy atom. The van der Waals surface area contributed by atoms with Crippen molar-refractivity contribution in [3.8, 4) is 0 Å². The van der Waals surface area contributed by atoms with Gasteiger partial charge in [-0.05, 0) is 20.8 Å². The number of halogens is 3. The average molecular weight is 377 g/mol. The van der Waals surface area contributed by atoms with Crippen molar-refractivity contribution in [2.45, 2.75) is 48.8 Å². The van der Waals surface area contributed by atoms with Crippen LogP contribution in [0.25, 0.3) is 0 Å². The first-order valence-corrected chi connectivity index (χ1v) is 7.76. The molecule has 0 aromatic heterocycles. The highest BCUT2D eigenvalue weighted by molar-refractivity contribution is 6.67. The van der Waals surface area contributed by atoms with E-state index >= 15 is 0 Å². The molecular weight excluding hydrogens is 357 g/mol. The standard InChI is InChI=1S/C12H20Cl3N3O4/c1-11(2,3)22-10(20)18-5-7(4-8(18)16)17-9(19)21-6-12(13,14)15/h7-8H,4-6,16H2,1-3H3,(H,17,19). The summed E-state index contributed by atoms with van der Waals surface area (Å²) in [5.41, 5.74) is 5.26. The van der Waals surface area contributed by atoms with Gasteiger partial charge in [-0.15, -0.1) is 0 Å². The predicted octanol–water partition coefficient (Wildman–Crippen LogP) is 2.38. The van der Waals surface area contributed by atoms with E-state index in [4.69, 9.17) is 50.0 Å². The number of hydrogen-bond acceptors (Lipinski definition) is 5. The van der Waals surface area contributed by atoms with E-state index < -0.39 is 27.7 Å². The van der Waals surface area contributed by atoms with Crippen LogP contribution in [-0.4, -0.2) is 51.8 Å². The van der Waals surface area contributed by atoms with Gasteiger partial charge in [0.15, 0.2) is 0 Å². The van der Waals surface area contributed by atoms with Gasteiger partial charge in [-0.25, -0.2) is 9.59 Å². The zero-order valence-electron chi connectivity index (χ0n) is 12.6. The first kappa shape index (κ1) is 19.4. The molecule has 0 radical (unpaired) electrons. The number of alkyl halides is 3. The number of likely N-dealkylation sites (tertiary alicyclic amines) is 1. The van der Waals surface area contributed by atoms with Crippen LogP contribution in [-0.2, 0) is 9.47 Å². The van der Waals surface area contributed by atoms with Gasteiger partial charge in [-0.2, -0.15) is 0 Å². The fourth-order valence-corrected chi connectivity index (χ4v) is 2.02. The molecule has 0 aromatic carbocycles. The fraction of sp³-hybridized carbons (Fsp3) is 0.833. The van der Waals surface area contributed by atoms with Gasteiger partial charge in [0.2, 0.25) is 3.79 Å². The zero-order valence-corrected chi connectivity index (χ0v) is 14.8. The number of nitrogens with one attached hydrogen (secondary N) is 1. The highest BCUT2D eigenvalue weighted by atomic mass is 35.6. The van der Waals surface area contributed by atoms with E-state index in [0.29, 0.717) is 6.42 Å². The molecule has 1 aliphatic heterocycles. The van der Waals surface area contributed by atoms with Crippen LogP contribution in [0.1, 0.15) is 27.2 Å². The minimum Gasteiger partial charge on any atom is -0.445 e. The Balaban J connectivity index is 2.46. The van der Waals surface area contributed by atoms with Gasteiger partial charge < -0.3 is 20.5 Å². The largest absolute Gasteiger partial charge is 0.445 e. The summed E-state index contributed by atoms with van der Waals surface area (Å²) in [6.07, 6.45) is -1.44. The zero-order chi connectivity index (χ0) is 17.1. The Hall–Kier alpha value is -0.630.